The molecule has 19 heavy (non-hydrogen) atoms. The van der Waals surface area contributed by atoms with Gasteiger partial charge in [-0.1, -0.05) is 12.1 Å². The van der Waals surface area contributed by atoms with Gasteiger partial charge in [0.1, 0.15) is 0 Å². The van der Waals surface area contributed by atoms with Gasteiger partial charge in [-0.25, -0.2) is 5.01 Å². The maximum atomic E-state index is 10.2. The molecular formula is C14H10N4O. The highest BCUT2D eigenvalue weighted by molar-refractivity contribution is 5.95. The molecule has 0 amide bonds. The van der Waals surface area contributed by atoms with Crippen LogP contribution in [0.15, 0.2) is 41.7 Å². The Kier molecular flexibility index (Phi) is 2.43. The standard InChI is InChI=1S/C14H10N4O/c1-9-2-3-10(8-15)6-12(9)11-4-5-13-14(7-11)18(13)16-17-19/h2-7H,1H3,(H,16,19). The van der Waals surface area contributed by atoms with E-state index in [1.165, 1.54) is 0 Å². The number of rotatable bonds is 3. The van der Waals surface area contributed by atoms with Crippen molar-refractivity contribution in [3.8, 4) is 17.2 Å². The van der Waals surface area contributed by atoms with Crippen LogP contribution >= 0.6 is 0 Å². The molecule has 2 aromatic carbocycles. The first kappa shape index (κ1) is 11.2. The number of fused-ring (bicyclic) bond motifs is 1. The molecule has 92 valence electrons. The minimum Gasteiger partial charge on any atom is -0.233 e. The smallest absolute Gasteiger partial charge is 0.0991 e. The van der Waals surface area contributed by atoms with Crippen molar-refractivity contribution in [3.05, 3.63) is 52.4 Å². The summed E-state index contributed by atoms with van der Waals surface area (Å²) in [5, 5.41) is 13.2. The van der Waals surface area contributed by atoms with Crippen LogP contribution in [-0.2, 0) is 0 Å². The fraction of sp³-hybridized carbons (Fsp3) is 0.0714. The van der Waals surface area contributed by atoms with E-state index in [0.29, 0.717) is 5.56 Å². The molecule has 0 radical (unpaired) electrons. The van der Waals surface area contributed by atoms with Gasteiger partial charge in [-0.3, -0.25) is 0 Å². The summed E-state index contributed by atoms with van der Waals surface area (Å²) in [4.78, 5) is 10.2. The molecule has 0 spiro atoms. The molecule has 1 N–H and O–H groups in total. The summed E-state index contributed by atoms with van der Waals surface area (Å²) in [6.07, 6.45) is 0. The zero-order valence-corrected chi connectivity index (χ0v) is 10.2. The number of nitriles is 1. The van der Waals surface area contributed by atoms with E-state index in [0.717, 1.165) is 28.1 Å². The summed E-state index contributed by atoms with van der Waals surface area (Å²) < 4.78 is 0. The second-order valence-electron chi connectivity index (χ2n) is 4.37. The average molecular weight is 250 g/mol. The normalized spacial score (nSPS) is 11.5. The van der Waals surface area contributed by atoms with Crippen LogP contribution < -0.4 is 10.5 Å². The number of nitroso groups, excluding NO2 is 1. The van der Waals surface area contributed by atoms with Gasteiger partial charge < -0.3 is 0 Å². The first-order chi connectivity index (χ1) is 9.24. The maximum Gasteiger partial charge on any atom is 0.0991 e. The lowest BCUT2D eigenvalue weighted by molar-refractivity contribution is 0.803. The number of hydrogen-bond acceptors (Lipinski definition) is 4. The van der Waals surface area contributed by atoms with Crippen LogP contribution in [0.2, 0.25) is 0 Å². The third-order valence-electron chi connectivity index (χ3n) is 3.23. The van der Waals surface area contributed by atoms with Crippen molar-refractivity contribution in [2.45, 2.75) is 6.92 Å². The molecule has 3 rings (SSSR count). The summed E-state index contributed by atoms with van der Waals surface area (Å²) in [5.74, 6) is 0. The van der Waals surface area contributed by atoms with Crippen LogP contribution in [0.1, 0.15) is 11.1 Å². The highest BCUT2D eigenvalue weighted by Crippen LogP contribution is 2.48. The minimum atomic E-state index is 0.634. The van der Waals surface area contributed by atoms with Gasteiger partial charge >= 0.3 is 0 Å². The van der Waals surface area contributed by atoms with Crippen molar-refractivity contribution in [3.63, 3.8) is 0 Å². The number of benzene rings is 2. The van der Waals surface area contributed by atoms with Gasteiger partial charge in [0.05, 0.1) is 28.3 Å². The Morgan fingerprint density at radius 1 is 1.21 bits per heavy atom. The number of nitrogens with one attached hydrogen (secondary N) is 1. The van der Waals surface area contributed by atoms with E-state index in [9.17, 15) is 4.91 Å². The van der Waals surface area contributed by atoms with Crippen LogP contribution in [-0.4, -0.2) is 0 Å². The SMILES string of the molecule is Cc1ccc(C#N)cc1-c1ccc2c(c1)N2NN=O. The Bertz CT molecular complexity index is 718. The van der Waals surface area contributed by atoms with E-state index in [1.807, 2.05) is 37.3 Å². The van der Waals surface area contributed by atoms with Crippen LogP contribution in [0.25, 0.3) is 11.1 Å². The van der Waals surface area contributed by atoms with Gasteiger partial charge in [-0.05, 0) is 47.9 Å². The molecule has 0 aromatic heterocycles. The monoisotopic (exact) mass is 250 g/mol. The van der Waals surface area contributed by atoms with Gasteiger partial charge in [0.2, 0.25) is 0 Å². The second-order valence-corrected chi connectivity index (χ2v) is 4.37. The van der Waals surface area contributed by atoms with Crippen LogP contribution in [0.3, 0.4) is 0 Å². The van der Waals surface area contributed by atoms with Crippen molar-refractivity contribution in [2.75, 3.05) is 5.01 Å². The predicted molar refractivity (Wildman–Crippen MR) is 72.4 cm³/mol. The fourth-order valence-corrected chi connectivity index (χ4v) is 2.17. The van der Waals surface area contributed by atoms with Gasteiger partial charge in [-0.15, -0.1) is 4.91 Å². The lowest BCUT2D eigenvalue weighted by Gasteiger charge is -2.05. The molecular weight excluding hydrogens is 240 g/mol. The summed E-state index contributed by atoms with van der Waals surface area (Å²) >= 11 is 0. The van der Waals surface area contributed by atoms with Gasteiger partial charge in [-0.2, -0.15) is 10.8 Å². The highest BCUT2D eigenvalue weighted by Gasteiger charge is 2.29. The molecule has 1 aliphatic rings. The van der Waals surface area contributed by atoms with Crippen molar-refractivity contribution in [1.82, 2.24) is 5.53 Å². The Morgan fingerprint density at radius 2 is 2.05 bits per heavy atom. The summed E-state index contributed by atoms with van der Waals surface area (Å²) in [6, 6.07) is 13.6. The van der Waals surface area contributed by atoms with E-state index in [2.05, 4.69) is 16.9 Å². The highest BCUT2D eigenvalue weighted by atomic mass is 16.3. The minimum absolute atomic E-state index is 0.634. The molecule has 5 nitrogen and oxygen atoms in total. The Labute approximate surface area is 110 Å². The summed E-state index contributed by atoms with van der Waals surface area (Å²) in [5.41, 5.74) is 8.00. The average Bonchev–Trinajstić information content (AvgIpc) is 3.12. The van der Waals surface area contributed by atoms with Gasteiger partial charge in [0, 0.05) is 0 Å². The van der Waals surface area contributed by atoms with Crippen molar-refractivity contribution < 1.29 is 0 Å². The molecule has 0 atom stereocenters. The summed E-state index contributed by atoms with van der Waals surface area (Å²) in [6.45, 7) is 2.00. The third kappa shape index (κ3) is 1.79. The number of nitrogens with zero attached hydrogens (tertiary/aromatic N) is 3. The largest absolute Gasteiger partial charge is 0.233 e. The molecule has 0 saturated heterocycles. The molecule has 0 unspecified atom stereocenters. The molecule has 0 bridgehead atoms. The van der Waals surface area contributed by atoms with E-state index in [-0.39, 0.29) is 0 Å². The summed E-state index contributed by atoms with van der Waals surface area (Å²) in [7, 11) is 0. The third-order valence-corrected chi connectivity index (χ3v) is 3.23. The fourth-order valence-electron chi connectivity index (χ4n) is 2.17. The van der Waals surface area contributed by atoms with Crippen molar-refractivity contribution in [1.29, 1.82) is 5.26 Å². The van der Waals surface area contributed by atoms with E-state index in [4.69, 9.17) is 5.26 Å². The van der Waals surface area contributed by atoms with Gasteiger partial charge in [0.25, 0.3) is 0 Å². The second kappa shape index (κ2) is 4.10. The lowest BCUT2D eigenvalue weighted by atomic mass is 9.98. The molecule has 0 fully saturated rings. The molecule has 2 aromatic rings. The number of anilines is 2. The van der Waals surface area contributed by atoms with E-state index in [1.54, 1.807) is 11.1 Å². The lowest BCUT2D eigenvalue weighted by Crippen LogP contribution is -2.14. The van der Waals surface area contributed by atoms with Crippen LogP contribution in [0, 0.1) is 23.2 Å². The number of hydrazine groups is 1. The quantitative estimate of drug-likeness (QED) is 0.516. The number of hydrogen-bond donors (Lipinski definition) is 1. The Hall–Kier alpha value is -2.87. The predicted octanol–water partition coefficient (Wildman–Crippen LogP) is 3.17. The first-order valence-corrected chi connectivity index (χ1v) is 5.78. The zero-order chi connectivity index (χ0) is 13.4. The maximum absolute atomic E-state index is 10.2. The zero-order valence-electron chi connectivity index (χ0n) is 10.2. The Morgan fingerprint density at radius 3 is 2.79 bits per heavy atom. The van der Waals surface area contributed by atoms with Crippen LogP contribution in [0.5, 0.6) is 0 Å². The van der Waals surface area contributed by atoms with Crippen molar-refractivity contribution >= 4 is 11.4 Å². The topological polar surface area (TPSA) is 68.3 Å². The van der Waals surface area contributed by atoms with Gasteiger partial charge in [0.15, 0.2) is 0 Å². The van der Waals surface area contributed by atoms with E-state index < -0.39 is 0 Å². The molecule has 1 aliphatic heterocycles. The van der Waals surface area contributed by atoms with Crippen molar-refractivity contribution in [2.24, 2.45) is 5.29 Å². The first-order valence-electron chi connectivity index (χ1n) is 5.78. The number of aryl methyl sites for hydroxylation is 1. The Balaban J connectivity index is 2.01. The molecule has 1 heterocycles. The molecule has 0 aliphatic carbocycles. The molecule has 0 saturated carbocycles. The van der Waals surface area contributed by atoms with E-state index >= 15 is 0 Å². The molecule has 5 heteroatoms. The van der Waals surface area contributed by atoms with Crippen LogP contribution in [0.4, 0.5) is 11.4 Å².